The lowest BCUT2D eigenvalue weighted by Crippen LogP contribution is -2.03. The molecule has 40 heavy (non-hydrogen) atoms. The van der Waals surface area contributed by atoms with E-state index in [-0.39, 0.29) is 0 Å². The third-order valence-electron chi connectivity index (χ3n) is 8.46. The standard InChI is InChI=1S/C13H18.C12H15NS.C11H13NS/c1-10(2)12-8-7-11-5-3-4-6-13(11)9-12;1-8(2)12-10(7-13)9-5-3-4-6-11(9)14-12;1-7(2)11-9(6-12)8-4-3-5-10(8)13-11/h7-10H,3-6H2,1-2H3;8H,3-6H2,1-2H3;7H,3-5H2,1-2H3. The van der Waals surface area contributed by atoms with Gasteiger partial charge < -0.3 is 0 Å². The minimum absolute atomic E-state index is 0.500. The van der Waals surface area contributed by atoms with Gasteiger partial charge >= 0.3 is 0 Å². The normalized spacial score (nSPS) is 15.3. The second-order valence-corrected chi connectivity index (χ2v) is 14.7. The monoisotopic (exact) mass is 570 g/mol. The van der Waals surface area contributed by atoms with Crippen LogP contribution in [0.15, 0.2) is 18.2 Å². The van der Waals surface area contributed by atoms with E-state index in [1.807, 2.05) is 22.7 Å². The van der Waals surface area contributed by atoms with Crippen LogP contribution in [0.25, 0.3) is 0 Å². The van der Waals surface area contributed by atoms with Crippen molar-refractivity contribution in [3.8, 4) is 12.1 Å². The lowest BCUT2D eigenvalue weighted by Gasteiger charge is -2.17. The van der Waals surface area contributed by atoms with Crippen LogP contribution < -0.4 is 0 Å². The number of nitrogens with zero attached hydrogens (tertiary/aromatic N) is 2. The van der Waals surface area contributed by atoms with Gasteiger partial charge in [0.25, 0.3) is 0 Å². The highest BCUT2D eigenvalue weighted by molar-refractivity contribution is 7.12. The summed E-state index contributed by atoms with van der Waals surface area (Å²) in [5, 5.41) is 18.2. The fourth-order valence-corrected chi connectivity index (χ4v) is 8.87. The van der Waals surface area contributed by atoms with E-state index in [0.29, 0.717) is 17.8 Å². The first-order valence-corrected chi connectivity index (χ1v) is 17.1. The molecule has 0 aliphatic heterocycles. The molecule has 0 bridgehead atoms. The topological polar surface area (TPSA) is 47.6 Å². The summed E-state index contributed by atoms with van der Waals surface area (Å²) < 4.78 is 0. The van der Waals surface area contributed by atoms with Crippen molar-refractivity contribution in [2.45, 2.75) is 130 Å². The van der Waals surface area contributed by atoms with Crippen molar-refractivity contribution in [2.75, 3.05) is 0 Å². The summed E-state index contributed by atoms with van der Waals surface area (Å²) in [6, 6.07) is 11.8. The molecule has 0 radical (unpaired) electrons. The zero-order chi connectivity index (χ0) is 28.8. The zero-order valence-electron chi connectivity index (χ0n) is 25.5. The number of fused-ring (bicyclic) bond motifs is 3. The number of thiophene rings is 2. The smallest absolute Gasteiger partial charge is 0.101 e. The van der Waals surface area contributed by atoms with Crippen LogP contribution in [-0.4, -0.2) is 0 Å². The average Bonchev–Trinajstić information content (AvgIpc) is 3.66. The summed E-state index contributed by atoms with van der Waals surface area (Å²) in [6.45, 7) is 13.2. The number of hydrogen-bond acceptors (Lipinski definition) is 4. The number of rotatable bonds is 3. The zero-order valence-corrected chi connectivity index (χ0v) is 27.1. The quantitative estimate of drug-likeness (QED) is 0.314. The molecule has 3 aromatic rings. The van der Waals surface area contributed by atoms with Crippen LogP contribution in [0.1, 0.15) is 150 Å². The van der Waals surface area contributed by atoms with Crippen molar-refractivity contribution in [1.29, 1.82) is 10.5 Å². The maximum Gasteiger partial charge on any atom is 0.101 e. The highest BCUT2D eigenvalue weighted by atomic mass is 32.1. The Bertz CT molecular complexity index is 1390. The van der Waals surface area contributed by atoms with Crippen LogP contribution in [0.2, 0.25) is 0 Å². The van der Waals surface area contributed by atoms with E-state index in [1.54, 1.807) is 11.1 Å². The second-order valence-electron chi connectivity index (χ2n) is 12.5. The van der Waals surface area contributed by atoms with E-state index < -0.39 is 0 Å². The minimum Gasteiger partial charge on any atom is -0.192 e. The summed E-state index contributed by atoms with van der Waals surface area (Å²) in [5.74, 6) is 1.68. The summed E-state index contributed by atoms with van der Waals surface area (Å²) in [5.41, 5.74) is 9.42. The fraction of sp³-hybridized carbons (Fsp3) is 0.556. The Labute approximate surface area is 251 Å². The molecule has 4 heteroatoms. The molecule has 0 unspecified atom stereocenters. The molecule has 212 valence electrons. The Morgan fingerprint density at radius 1 is 0.575 bits per heavy atom. The van der Waals surface area contributed by atoms with Crippen molar-refractivity contribution < 1.29 is 0 Å². The third-order valence-corrected chi connectivity index (χ3v) is 11.6. The SMILES string of the molecule is CC(C)c1ccc2c(c1)CCCC2.CC(C)c1sc2c(c1C#N)CCC2.CC(C)c1sc2c(c1C#N)CCCC2. The summed E-state index contributed by atoms with van der Waals surface area (Å²) in [4.78, 5) is 5.56. The molecule has 6 rings (SSSR count). The van der Waals surface area contributed by atoms with Crippen molar-refractivity contribution >= 4 is 22.7 Å². The van der Waals surface area contributed by atoms with E-state index >= 15 is 0 Å². The van der Waals surface area contributed by atoms with Crippen LogP contribution >= 0.6 is 22.7 Å². The summed E-state index contributed by atoms with van der Waals surface area (Å²) in [6.07, 6.45) is 13.8. The van der Waals surface area contributed by atoms with Crippen LogP contribution in [0.4, 0.5) is 0 Å². The summed E-state index contributed by atoms with van der Waals surface area (Å²) in [7, 11) is 0. The molecule has 1 aromatic carbocycles. The molecule has 2 aromatic heterocycles. The molecule has 0 atom stereocenters. The lowest BCUT2D eigenvalue weighted by molar-refractivity contribution is 0.682. The molecule has 0 amide bonds. The average molecular weight is 571 g/mol. The predicted octanol–water partition coefficient (Wildman–Crippen LogP) is 10.5. The molecule has 2 nitrogen and oxygen atoms in total. The molecule has 0 spiro atoms. The van der Waals surface area contributed by atoms with Gasteiger partial charge in [-0.25, -0.2) is 0 Å². The molecule has 0 saturated heterocycles. The second kappa shape index (κ2) is 14.0. The minimum atomic E-state index is 0.500. The maximum atomic E-state index is 9.17. The predicted molar refractivity (Wildman–Crippen MR) is 172 cm³/mol. The van der Waals surface area contributed by atoms with E-state index in [0.717, 1.165) is 24.0 Å². The van der Waals surface area contributed by atoms with Crippen molar-refractivity contribution in [2.24, 2.45) is 0 Å². The molecular weight excluding hydrogens is 525 g/mol. The van der Waals surface area contributed by atoms with Gasteiger partial charge in [0.15, 0.2) is 0 Å². The first-order chi connectivity index (χ1) is 19.2. The van der Waals surface area contributed by atoms with Crippen molar-refractivity contribution in [3.63, 3.8) is 0 Å². The maximum absolute atomic E-state index is 9.17. The van der Waals surface area contributed by atoms with Gasteiger partial charge in [-0.3, -0.25) is 0 Å². The molecule has 2 heterocycles. The first-order valence-electron chi connectivity index (χ1n) is 15.5. The van der Waals surface area contributed by atoms with Gasteiger partial charge in [0.2, 0.25) is 0 Å². The van der Waals surface area contributed by atoms with E-state index in [1.165, 1.54) is 94.0 Å². The molecule has 0 N–H and O–H groups in total. The fourth-order valence-electron chi connectivity index (χ4n) is 6.18. The summed E-state index contributed by atoms with van der Waals surface area (Å²) >= 11 is 3.73. The van der Waals surface area contributed by atoms with E-state index in [2.05, 4.69) is 71.9 Å². The van der Waals surface area contributed by atoms with Crippen molar-refractivity contribution in [1.82, 2.24) is 0 Å². The van der Waals surface area contributed by atoms with Gasteiger partial charge in [-0.05, 0) is 116 Å². The third kappa shape index (κ3) is 6.90. The van der Waals surface area contributed by atoms with Crippen LogP contribution in [0.3, 0.4) is 0 Å². The lowest BCUT2D eigenvalue weighted by atomic mass is 9.88. The Hall–Kier alpha value is -2.40. The number of hydrogen-bond donors (Lipinski definition) is 0. The van der Waals surface area contributed by atoms with Crippen LogP contribution in [-0.2, 0) is 38.5 Å². The Morgan fingerprint density at radius 3 is 1.57 bits per heavy atom. The Morgan fingerprint density at radius 2 is 1.05 bits per heavy atom. The highest BCUT2D eigenvalue weighted by Gasteiger charge is 2.23. The van der Waals surface area contributed by atoms with Gasteiger partial charge in [0.1, 0.15) is 12.1 Å². The van der Waals surface area contributed by atoms with Gasteiger partial charge in [-0.1, -0.05) is 59.7 Å². The first kappa shape index (κ1) is 30.6. The van der Waals surface area contributed by atoms with Gasteiger partial charge in [0, 0.05) is 19.5 Å². The molecule has 0 saturated carbocycles. The van der Waals surface area contributed by atoms with E-state index in [4.69, 9.17) is 10.5 Å². The number of nitriles is 2. The van der Waals surface area contributed by atoms with Gasteiger partial charge in [0.05, 0.1) is 11.1 Å². The van der Waals surface area contributed by atoms with Crippen LogP contribution in [0, 0.1) is 22.7 Å². The molecule has 0 fully saturated rings. The Balaban J connectivity index is 0.000000139. The largest absolute Gasteiger partial charge is 0.192 e. The highest BCUT2D eigenvalue weighted by Crippen LogP contribution is 2.39. The molecular formula is C36H46N2S2. The van der Waals surface area contributed by atoms with Crippen LogP contribution in [0.5, 0.6) is 0 Å². The van der Waals surface area contributed by atoms with E-state index in [9.17, 15) is 0 Å². The van der Waals surface area contributed by atoms with Gasteiger partial charge in [-0.2, -0.15) is 10.5 Å². The number of benzene rings is 1. The Kier molecular flexibility index (Phi) is 10.7. The molecule has 3 aliphatic carbocycles. The van der Waals surface area contributed by atoms with Gasteiger partial charge in [-0.15, -0.1) is 22.7 Å². The van der Waals surface area contributed by atoms with Crippen molar-refractivity contribution in [3.05, 3.63) is 76.7 Å². The number of aryl methyl sites for hydroxylation is 4. The molecule has 3 aliphatic rings.